The number of aromatic nitrogens is 2. The highest BCUT2D eigenvalue weighted by molar-refractivity contribution is 9.10. The van der Waals surface area contributed by atoms with Gasteiger partial charge in [0.15, 0.2) is 0 Å². The zero-order valence-corrected chi connectivity index (χ0v) is 11.3. The van der Waals surface area contributed by atoms with Crippen molar-refractivity contribution in [1.82, 2.24) is 10.2 Å². The third-order valence-corrected chi connectivity index (χ3v) is 2.85. The van der Waals surface area contributed by atoms with Gasteiger partial charge in [0, 0.05) is 16.7 Å². The van der Waals surface area contributed by atoms with Gasteiger partial charge in [-0.05, 0) is 35.7 Å². The van der Waals surface area contributed by atoms with Crippen molar-refractivity contribution < 1.29 is 4.74 Å². The second-order valence-corrected chi connectivity index (χ2v) is 4.92. The highest BCUT2D eigenvalue weighted by Crippen LogP contribution is 2.31. The fourth-order valence-electron chi connectivity index (χ4n) is 1.52. The maximum Gasteiger partial charge on any atom is 0.238 e. The first-order chi connectivity index (χ1) is 8.16. The van der Waals surface area contributed by atoms with Gasteiger partial charge >= 0.3 is 0 Å². The maximum absolute atomic E-state index is 5.73. The molecule has 0 spiro atoms. The van der Waals surface area contributed by atoms with Crippen LogP contribution >= 0.6 is 15.9 Å². The molecule has 0 saturated carbocycles. The van der Waals surface area contributed by atoms with Gasteiger partial charge in [0.05, 0.1) is 0 Å². The predicted molar refractivity (Wildman–Crippen MR) is 70.3 cm³/mol. The molecule has 0 fully saturated rings. The molecular weight excluding hydrogens is 280 g/mol. The molecule has 0 saturated heterocycles. The first kappa shape index (κ1) is 12.0. The quantitative estimate of drug-likeness (QED) is 0.852. The maximum atomic E-state index is 5.73. The van der Waals surface area contributed by atoms with Gasteiger partial charge in [-0.25, -0.2) is 0 Å². The van der Waals surface area contributed by atoms with E-state index in [9.17, 15) is 0 Å². The summed E-state index contributed by atoms with van der Waals surface area (Å²) in [7, 11) is 0. The van der Waals surface area contributed by atoms with Crippen LogP contribution in [0.5, 0.6) is 11.6 Å². The van der Waals surface area contributed by atoms with Crippen molar-refractivity contribution in [2.75, 3.05) is 0 Å². The van der Waals surface area contributed by atoms with E-state index in [2.05, 4.69) is 46.0 Å². The molecule has 17 heavy (non-hydrogen) atoms. The van der Waals surface area contributed by atoms with E-state index < -0.39 is 0 Å². The lowest BCUT2D eigenvalue weighted by Crippen LogP contribution is -1.95. The SMILES string of the molecule is CC(C)c1cc(Br)ccc1Oc1cccnn1. The first-order valence-corrected chi connectivity index (χ1v) is 6.21. The van der Waals surface area contributed by atoms with Crippen LogP contribution in [0.3, 0.4) is 0 Å². The number of rotatable bonds is 3. The third-order valence-electron chi connectivity index (χ3n) is 2.36. The van der Waals surface area contributed by atoms with Crippen LogP contribution in [0.1, 0.15) is 25.3 Å². The lowest BCUT2D eigenvalue weighted by atomic mass is 10.0. The molecule has 1 aromatic heterocycles. The number of nitrogens with zero attached hydrogens (tertiary/aromatic N) is 2. The average molecular weight is 293 g/mol. The summed E-state index contributed by atoms with van der Waals surface area (Å²) in [6, 6.07) is 9.55. The van der Waals surface area contributed by atoms with Crippen LogP contribution < -0.4 is 4.74 Å². The lowest BCUT2D eigenvalue weighted by molar-refractivity contribution is 0.447. The molecule has 0 aliphatic carbocycles. The van der Waals surface area contributed by atoms with E-state index in [1.54, 1.807) is 18.3 Å². The minimum absolute atomic E-state index is 0.388. The summed E-state index contributed by atoms with van der Waals surface area (Å²) in [5, 5.41) is 7.70. The zero-order chi connectivity index (χ0) is 12.3. The molecule has 0 radical (unpaired) electrons. The summed E-state index contributed by atoms with van der Waals surface area (Å²) in [6.45, 7) is 4.26. The Morgan fingerprint density at radius 2 is 2.06 bits per heavy atom. The standard InChI is InChI=1S/C13H13BrN2O/c1-9(2)11-8-10(14)5-6-12(11)17-13-4-3-7-15-16-13/h3-9H,1-2H3. The molecule has 0 N–H and O–H groups in total. The van der Waals surface area contributed by atoms with Crippen LogP contribution in [0, 0.1) is 0 Å². The van der Waals surface area contributed by atoms with E-state index in [0.29, 0.717) is 11.8 Å². The molecule has 1 aromatic carbocycles. The highest BCUT2D eigenvalue weighted by Gasteiger charge is 2.09. The van der Waals surface area contributed by atoms with Crippen molar-refractivity contribution in [3.63, 3.8) is 0 Å². The highest BCUT2D eigenvalue weighted by atomic mass is 79.9. The summed E-state index contributed by atoms with van der Waals surface area (Å²) in [5.41, 5.74) is 1.14. The number of halogens is 1. The Bertz CT molecular complexity index is 500. The van der Waals surface area contributed by atoms with Gasteiger partial charge in [0.1, 0.15) is 5.75 Å². The van der Waals surface area contributed by atoms with Crippen LogP contribution in [-0.2, 0) is 0 Å². The molecular formula is C13H13BrN2O. The summed E-state index contributed by atoms with van der Waals surface area (Å²) >= 11 is 3.47. The van der Waals surface area contributed by atoms with E-state index in [4.69, 9.17) is 4.74 Å². The van der Waals surface area contributed by atoms with Gasteiger partial charge in [0.25, 0.3) is 0 Å². The Hall–Kier alpha value is -1.42. The van der Waals surface area contributed by atoms with E-state index in [-0.39, 0.29) is 0 Å². The van der Waals surface area contributed by atoms with Crippen molar-refractivity contribution in [3.05, 3.63) is 46.6 Å². The Morgan fingerprint density at radius 3 is 2.71 bits per heavy atom. The topological polar surface area (TPSA) is 35.0 Å². The van der Waals surface area contributed by atoms with Crippen LogP contribution in [0.25, 0.3) is 0 Å². The van der Waals surface area contributed by atoms with Crippen molar-refractivity contribution >= 4 is 15.9 Å². The van der Waals surface area contributed by atoms with Gasteiger partial charge in [-0.2, -0.15) is 5.10 Å². The summed E-state index contributed by atoms with van der Waals surface area (Å²) in [6.07, 6.45) is 1.62. The van der Waals surface area contributed by atoms with E-state index in [1.165, 1.54) is 0 Å². The van der Waals surface area contributed by atoms with Gasteiger partial charge in [-0.1, -0.05) is 29.8 Å². The Morgan fingerprint density at radius 1 is 1.24 bits per heavy atom. The van der Waals surface area contributed by atoms with Crippen molar-refractivity contribution in [2.24, 2.45) is 0 Å². The number of hydrogen-bond acceptors (Lipinski definition) is 3. The Balaban J connectivity index is 2.33. The molecule has 1 heterocycles. The van der Waals surface area contributed by atoms with Gasteiger partial charge < -0.3 is 4.74 Å². The van der Waals surface area contributed by atoms with E-state index in [0.717, 1.165) is 15.8 Å². The molecule has 2 rings (SSSR count). The molecule has 0 atom stereocenters. The fourth-order valence-corrected chi connectivity index (χ4v) is 1.90. The molecule has 2 aromatic rings. The molecule has 0 amide bonds. The third kappa shape index (κ3) is 3.03. The monoisotopic (exact) mass is 292 g/mol. The van der Waals surface area contributed by atoms with Crippen molar-refractivity contribution in [3.8, 4) is 11.6 Å². The van der Waals surface area contributed by atoms with Gasteiger partial charge in [0.2, 0.25) is 5.88 Å². The fraction of sp³-hybridized carbons (Fsp3) is 0.231. The Labute approximate surface area is 109 Å². The molecule has 0 aliphatic rings. The number of hydrogen-bond donors (Lipinski definition) is 0. The van der Waals surface area contributed by atoms with Gasteiger partial charge in [-0.15, -0.1) is 5.10 Å². The normalized spacial score (nSPS) is 10.6. The van der Waals surface area contributed by atoms with E-state index in [1.807, 2.05) is 12.1 Å². The second-order valence-electron chi connectivity index (χ2n) is 4.00. The molecule has 3 nitrogen and oxygen atoms in total. The number of benzene rings is 1. The molecule has 0 unspecified atom stereocenters. The molecule has 4 heteroatoms. The van der Waals surface area contributed by atoms with Crippen LogP contribution in [0.15, 0.2) is 41.0 Å². The summed E-state index contributed by atoms with van der Waals surface area (Å²) in [5.74, 6) is 1.72. The summed E-state index contributed by atoms with van der Waals surface area (Å²) in [4.78, 5) is 0. The smallest absolute Gasteiger partial charge is 0.238 e. The number of ether oxygens (including phenoxy) is 1. The minimum Gasteiger partial charge on any atom is -0.437 e. The second kappa shape index (κ2) is 5.27. The van der Waals surface area contributed by atoms with Gasteiger partial charge in [-0.3, -0.25) is 0 Å². The average Bonchev–Trinajstić information content (AvgIpc) is 2.32. The van der Waals surface area contributed by atoms with Crippen LogP contribution in [0.2, 0.25) is 0 Å². The minimum atomic E-state index is 0.388. The first-order valence-electron chi connectivity index (χ1n) is 5.42. The largest absolute Gasteiger partial charge is 0.437 e. The van der Waals surface area contributed by atoms with Crippen molar-refractivity contribution in [2.45, 2.75) is 19.8 Å². The Kier molecular flexibility index (Phi) is 3.74. The molecule has 0 bridgehead atoms. The van der Waals surface area contributed by atoms with E-state index >= 15 is 0 Å². The molecule has 0 aliphatic heterocycles. The van der Waals surface area contributed by atoms with Crippen molar-refractivity contribution in [1.29, 1.82) is 0 Å². The van der Waals surface area contributed by atoms with Crippen LogP contribution in [-0.4, -0.2) is 10.2 Å². The predicted octanol–water partition coefficient (Wildman–Crippen LogP) is 4.15. The molecule has 88 valence electrons. The van der Waals surface area contributed by atoms with Crippen LogP contribution in [0.4, 0.5) is 0 Å². The zero-order valence-electron chi connectivity index (χ0n) is 9.72. The lowest BCUT2D eigenvalue weighted by Gasteiger charge is -2.13. The summed E-state index contributed by atoms with van der Waals surface area (Å²) < 4.78 is 6.78.